The van der Waals surface area contributed by atoms with Crippen molar-refractivity contribution in [2.24, 2.45) is 0 Å². The van der Waals surface area contributed by atoms with Gasteiger partial charge in [0.25, 0.3) is 0 Å². The second-order valence-corrected chi connectivity index (χ2v) is 6.51. The van der Waals surface area contributed by atoms with E-state index in [4.69, 9.17) is 0 Å². The third kappa shape index (κ3) is 7.52. The van der Waals surface area contributed by atoms with E-state index in [1.54, 1.807) is 6.08 Å². The zero-order valence-electron chi connectivity index (χ0n) is 11.3. The van der Waals surface area contributed by atoms with Gasteiger partial charge in [0.2, 0.25) is 10.0 Å². The summed E-state index contributed by atoms with van der Waals surface area (Å²) >= 11 is 0. The molecule has 0 fully saturated rings. The number of hydrogen-bond donors (Lipinski definition) is 1. The van der Waals surface area contributed by atoms with E-state index >= 15 is 0 Å². The van der Waals surface area contributed by atoms with Crippen LogP contribution in [0.15, 0.2) is 12.7 Å². The van der Waals surface area contributed by atoms with Gasteiger partial charge in [-0.05, 0) is 19.4 Å². The Kier molecular flexibility index (Phi) is 8.47. The maximum Gasteiger partial charge on any atom is 0.214 e. The minimum atomic E-state index is -3.12. The van der Waals surface area contributed by atoms with Crippen molar-refractivity contribution in [2.45, 2.75) is 39.7 Å². The minimum absolute atomic E-state index is 0.209. The molecule has 0 heterocycles. The third-order valence-electron chi connectivity index (χ3n) is 2.33. The zero-order chi connectivity index (χ0) is 13.3. The lowest BCUT2D eigenvalue weighted by molar-refractivity contribution is 0.439. The molecular formula is C12H26N2O2S. The summed E-state index contributed by atoms with van der Waals surface area (Å²) in [6.07, 6.45) is 3.12. The third-order valence-corrected chi connectivity index (χ3v) is 4.25. The molecule has 0 atom stereocenters. The summed E-state index contributed by atoms with van der Waals surface area (Å²) in [6.45, 7) is 11.4. The molecule has 4 nitrogen and oxygen atoms in total. The summed E-state index contributed by atoms with van der Waals surface area (Å²) in [5.74, 6) is 0.209. The van der Waals surface area contributed by atoms with Crippen LogP contribution in [0.5, 0.6) is 0 Å². The zero-order valence-corrected chi connectivity index (χ0v) is 12.1. The van der Waals surface area contributed by atoms with Crippen LogP contribution >= 0.6 is 0 Å². The molecule has 0 unspecified atom stereocenters. The number of sulfonamides is 1. The highest BCUT2D eigenvalue weighted by Gasteiger charge is 2.19. The SMILES string of the molecule is C=CCN(CCC)S(=O)(=O)CCCNC(C)C. The fraction of sp³-hybridized carbons (Fsp3) is 0.833. The molecule has 0 aliphatic carbocycles. The van der Waals surface area contributed by atoms with Crippen LogP contribution in [0, 0.1) is 0 Å². The molecule has 5 heteroatoms. The fourth-order valence-corrected chi connectivity index (χ4v) is 3.07. The first-order valence-electron chi connectivity index (χ1n) is 6.26. The van der Waals surface area contributed by atoms with Crippen LogP contribution in [-0.4, -0.2) is 44.2 Å². The van der Waals surface area contributed by atoms with Crippen molar-refractivity contribution < 1.29 is 8.42 Å². The van der Waals surface area contributed by atoms with E-state index < -0.39 is 10.0 Å². The first kappa shape index (κ1) is 16.6. The van der Waals surface area contributed by atoms with Crippen molar-refractivity contribution in [1.82, 2.24) is 9.62 Å². The van der Waals surface area contributed by atoms with Crippen LogP contribution in [0.25, 0.3) is 0 Å². The highest BCUT2D eigenvalue weighted by Crippen LogP contribution is 2.04. The Balaban J connectivity index is 4.18. The predicted octanol–water partition coefficient (Wildman–Crippen LogP) is 1.60. The predicted molar refractivity (Wildman–Crippen MR) is 73.6 cm³/mol. The standard InChI is InChI=1S/C12H26N2O2S/c1-5-9-14(10-6-2)17(15,16)11-7-8-13-12(3)4/h5,12-13H,1,6-11H2,2-4H3. The molecule has 0 aromatic rings. The van der Waals surface area contributed by atoms with Crippen molar-refractivity contribution in [3.05, 3.63) is 12.7 Å². The van der Waals surface area contributed by atoms with Gasteiger partial charge in [0.1, 0.15) is 0 Å². The van der Waals surface area contributed by atoms with E-state index in [2.05, 4.69) is 25.7 Å². The van der Waals surface area contributed by atoms with Gasteiger partial charge in [-0.1, -0.05) is 26.8 Å². The molecule has 0 aliphatic heterocycles. The molecule has 0 aromatic carbocycles. The lowest BCUT2D eigenvalue weighted by Crippen LogP contribution is -2.35. The van der Waals surface area contributed by atoms with Gasteiger partial charge in [-0.2, -0.15) is 4.31 Å². The van der Waals surface area contributed by atoms with Gasteiger partial charge in [0.05, 0.1) is 5.75 Å². The van der Waals surface area contributed by atoms with Crippen LogP contribution in [0.2, 0.25) is 0 Å². The van der Waals surface area contributed by atoms with E-state index in [0.717, 1.165) is 13.0 Å². The molecule has 0 bridgehead atoms. The monoisotopic (exact) mass is 262 g/mol. The quantitative estimate of drug-likeness (QED) is 0.480. The molecule has 0 amide bonds. The Bertz CT molecular complexity index is 300. The lowest BCUT2D eigenvalue weighted by Gasteiger charge is -2.20. The Morgan fingerprint density at radius 2 is 2.06 bits per heavy atom. The summed E-state index contributed by atoms with van der Waals surface area (Å²) in [5.41, 5.74) is 0. The van der Waals surface area contributed by atoms with Crippen molar-refractivity contribution in [2.75, 3.05) is 25.4 Å². The van der Waals surface area contributed by atoms with Gasteiger partial charge >= 0.3 is 0 Å². The molecule has 102 valence electrons. The second kappa shape index (κ2) is 8.66. The van der Waals surface area contributed by atoms with Gasteiger partial charge in [0, 0.05) is 19.1 Å². The molecule has 0 rings (SSSR count). The van der Waals surface area contributed by atoms with Gasteiger partial charge in [-0.15, -0.1) is 6.58 Å². The maximum absolute atomic E-state index is 12.0. The van der Waals surface area contributed by atoms with E-state index in [9.17, 15) is 8.42 Å². The summed E-state index contributed by atoms with van der Waals surface area (Å²) in [7, 11) is -3.12. The molecule has 0 spiro atoms. The van der Waals surface area contributed by atoms with Crippen LogP contribution in [0.1, 0.15) is 33.6 Å². The molecule has 0 aliphatic rings. The first-order valence-corrected chi connectivity index (χ1v) is 7.87. The van der Waals surface area contributed by atoms with Crippen molar-refractivity contribution >= 4 is 10.0 Å². The molecule has 0 saturated carbocycles. The van der Waals surface area contributed by atoms with E-state index in [1.165, 1.54) is 4.31 Å². The van der Waals surface area contributed by atoms with Gasteiger partial charge in [-0.3, -0.25) is 0 Å². The first-order chi connectivity index (χ1) is 7.94. The topological polar surface area (TPSA) is 49.4 Å². The highest BCUT2D eigenvalue weighted by molar-refractivity contribution is 7.89. The average molecular weight is 262 g/mol. The van der Waals surface area contributed by atoms with Crippen LogP contribution in [0.3, 0.4) is 0 Å². The lowest BCUT2D eigenvalue weighted by atomic mass is 10.4. The molecule has 0 aromatic heterocycles. The summed E-state index contributed by atoms with van der Waals surface area (Å²) in [4.78, 5) is 0. The van der Waals surface area contributed by atoms with Crippen molar-refractivity contribution in [1.29, 1.82) is 0 Å². The second-order valence-electron chi connectivity index (χ2n) is 4.43. The van der Waals surface area contributed by atoms with E-state index in [-0.39, 0.29) is 5.75 Å². The molecule has 17 heavy (non-hydrogen) atoms. The Hall–Kier alpha value is -0.390. The van der Waals surface area contributed by atoms with Gasteiger partial charge in [-0.25, -0.2) is 8.42 Å². The minimum Gasteiger partial charge on any atom is -0.314 e. The Labute approximate surface area is 106 Å². The van der Waals surface area contributed by atoms with E-state index in [0.29, 0.717) is 25.6 Å². The smallest absolute Gasteiger partial charge is 0.214 e. The number of nitrogens with zero attached hydrogens (tertiary/aromatic N) is 1. The summed E-state index contributed by atoms with van der Waals surface area (Å²) < 4.78 is 25.5. The van der Waals surface area contributed by atoms with Crippen LogP contribution < -0.4 is 5.32 Å². The number of hydrogen-bond acceptors (Lipinski definition) is 3. The normalized spacial score (nSPS) is 12.3. The Morgan fingerprint density at radius 3 is 2.53 bits per heavy atom. The summed E-state index contributed by atoms with van der Waals surface area (Å²) in [5, 5.41) is 3.22. The molecule has 1 N–H and O–H groups in total. The van der Waals surface area contributed by atoms with E-state index in [1.807, 2.05) is 6.92 Å². The molecule has 0 radical (unpaired) electrons. The highest BCUT2D eigenvalue weighted by atomic mass is 32.2. The number of nitrogens with one attached hydrogen (secondary N) is 1. The van der Waals surface area contributed by atoms with Crippen molar-refractivity contribution in [3.8, 4) is 0 Å². The fourth-order valence-electron chi connectivity index (χ4n) is 1.51. The van der Waals surface area contributed by atoms with Gasteiger partial charge in [0.15, 0.2) is 0 Å². The Morgan fingerprint density at radius 1 is 1.41 bits per heavy atom. The van der Waals surface area contributed by atoms with Crippen molar-refractivity contribution in [3.63, 3.8) is 0 Å². The van der Waals surface area contributed by atoms with Gasteiger partial charge < -0.3 is 5.32 Å². The molecule has 0 saturated heterocycles. The largest absolute Gasteiger partial charge is 0.314 e. The summed E-state index contributed by atoms with van der Waals surface area (Å²) in [6, 6.07) is 0.401. The maximum atomic E-state index is 12.0. The van der Waals surface area contributed by atoms with Crippen LogP contribution in [-0.2, 0) is 10.0 Å². The molecular weight excluding hydrogens is 236 g/mol. The average Bonchev–Trinajstić information content (AvgIpc) is 2.24. The van der Waals surface area contributed by atoms with Crippen LogP contribution in [0.4, 0.5) is 0 Å². The number of rotatable bonds is 10.